The van der Waals surface area contributed by atoms with Gasteiger partial charge in [0, 0.05) is 18.6 Å². The summed E-state index contributed by atoms with van der Waals surface area (Å²) < 4.78 is 0. The lowest BCUT2D eigenvalue weighted by molar-refractivity contribution is 0.318. The highest BCUT2D eigenvalue weighted by molar-refractivity contribution is 5.05. The molecule has 2 heterocycles. The molecule has 0 aromatic rings. The number of rotatable bonds is 0. The van der Waals surface area contributed by atoms with Crippen LogP contribution in [0, 0.1) is 5.92 Å². The van der Waals surface area contributed by atoms with Gasteiger partial charge in [0.05, 0.1) is 0 Å². The van der Waals surface area contributed by atoms with Gasteiger partial charge in [0.2, 0.25) is 0 Å². The summed E-state index contributed by atoms with van der Waals surface area (Å²) in [5, 5.41) is 0. The zero-order valence-electron chi connectivity index (χ0n) is 7.13. The van der Waals surface area contributed by atoms with E-state index in [0.29, 0.717) is 0 Å². The molecule has 4 atom stereocenters. The van der Waals surface area contributed by atoms with Gasteiger partial charge in [-0.1, -0.05) is 19.3 Å². The Kier molecular flexibility index (Phi) is 1.31. The predicted octanol–water partition coefficient (Wildman–Crippen LogP) is 2.02. The molecule has 3 rings (SSSR count). The second kappa shape index (κ2) is 2.22. The quantitative estimate of drug-likeness (QED) is 0.479. The first-order chi connectivity index (χ1) is 5.45. The maximum absolute atomic E-state index is 2.75. The van der Waals surface area contributed by atoms with Crippen LogP contribution in [0.2, 0.25) is 0 Å². The second-order valence-corrected chi connectivity index (χ2v) is 4.55. The number of hydrogen-bond donors (Lipinski definition) is 0. The van der Waals surface area contributed by atoms with E-state index in [0.717, 1.165) is 18.0 Å². The Morgan fingerprint density at radius 1 is 1.00 bits per heavy atom. The molecule has 1 heteroatoms. The highest BCUT2D eigenvalue weighted by Crippen LogP contribution is 2.45. The summed E-state index contributed by atoms with van der Waals surface area (Å²) in [4.78, 5) is 2.75. The molecular weight excluding hydrogens is 134 g/mol. The minimum atomic E-state index is 1.03. The van der Waals surface area contributed by atoms with E-state index in [1.54, 1.807) is 6.42 Å². The minimum Gasteiger partial charge on any atom is -0.294 e. The van der Waals surface area contributed by atoms with Gasteiger partial charge in [-0.05, 0) is 25.2 Å². The van der Waals surface area contributed by atoms with E-state index in [1.807, 2.05) is 0 Å². The first kappa shape index (κ1) is 6.47. The molecule has 1 aliphatic carbocycles. The minimum absolute atomic E-state index is 1.03. The van der Waals surface area contributed by atoms with Crippen LogP contribution in [-0.4, -0.2) is 23.5 Å². The molecule has 0 bridgehead atoms. The number of piperidine rings is 1. The molecule has 3 aliphatic rings. The molecule has 1 saturated carbocycles. The molecule has 1 nitrogen and oxygen atoms in total. The van der Waals surface area contributed by atoms with Gasteiger partial charge in [0.15, 0.2) is 0 Å². The van der Waals surface area contributed by atoms with Crippen LogP contribution < -0.4 is 0 Å². The molecule has 2 saturated heterocycles. The molecule has 0 aromatic heterocycles. The van der Waals surface area contributed by atoms with E-state index >= 15 is 0 Å². The molecule has 0 N–H and O–H groups in total. The summed E-state index contributed by atoms with van der Waals surface area (Å²) >= 11 is 0. The summed E-state index contributed by atoms with van der Waals surface area (Å²) in [7, 11) is 0. The van der Waals surface area contributed by atoms with Crippen molar-refractivity contribution >= 4 is 0 Å². The van der Waals surface area contributed by atoms with Gasteiger partial charge in [0.1, 0.15) is 0 Å². The molecule has 0 radical (unpaired) electrons. The van der Waals surface area contributed by atoms with Gasteiger partial charge in [-0.15, -0.1) is 0 Å². The van der Waals surface area contributed by atoms with Crippen LogP contribution in [-0.2, 0) is 0 Å². The van der Waals surface area contributed by atoms with Gasteiger partial charge in [-0.25, -0.2) is 0 Å². The lowest BCUT2D eigenvalue weighted by Gasteiger charge is -2.19. The van der Waals surface area contributed by atoms with Gasteiger partial charge >= 0.3 is 0 Å². The normalized spacial score (nSPS) is 54.5. The van der Waals surface area contributed by atoms with Crippen LogP contribution in [0.25, 0.3) is 0 Å². The van der Waals surface area contributed by atoms with E-state index in [1.165, 1.54) is 38.6 Å². The largest absolute Gasteiger partial charge is 0.294 e. The van der Waals surface area contributed by atoms with Crippen molar-refractivity contribution in [2.45, 2.75) is 50.6 Å². The van der Waals surface area contributed by atoms with E-state index in [9.17, 15) is 0 Å². The average Bonchev–Trinajstić information content (AvgIpc) is 2.73. The first-order valence-electron chi connectivity index (χ1n) is 5.21. The zero-order chi connectivity index (χ0) is 7.26. The smallest absolute Gasteiger partial charge is 0.0230 e. The summed E-state index contributed by atoms with van der Waals surface area (Å²) in [5.74, 6) is 1.11. The zero-order valence-corrected chi connectivity index (χ0v) is 7.13. The molecule has 0 spiro atoms. The Balaban J connectivity index is 1.76. The molecular formula is C10H17N. The fourth-order valence-electron chi connectivity index (χ4n) is 3.24. The summed E-state index contributed by atoms with van der Waals surface area (Å²) in [6, 6.07) is 2.07. The van der Waals surface area contributed by atoms with Crippen molar-refractivity contribution in [1.82, 2.24) is 4.90 Å². The Hall–Kier alpha value is -0.0400. The third kappa shape index (κ3) is 0.936. The fraction of sp³-hybridized carbons (Fsp3) is 1.00. The van der Waals surface area contributed by atoms with Crippen LogP contribution in [0.3, 0.4) is 0 Å². The van der Waals surface area contributed by atoms with Crippen LogP contribution >= 0.6 is 0 Å². The van der Waals surface area contributed by atoms with Crippen molar-refractivity contribution in [2.24, 2.45) is 5.92 Å². The maximum atomic E-state index is 2.75. The van der Waals surface area contributed by atoms with Crippen LogP contribution in [0.1, 0.15) is 38.5 Å². The maximum Gasteiger partial charge on any atom is 0.0230 e. The van der Waals surface area contributed by atoms with E-state index in [2.05, 4.69) is 4.90 Å². The Morgan fingerprint density at radius 3 is 2.91 bits per heavy atom. The van der Waals surface area contributed by atoms with Crippen molar-refractivity contribution in [2.75, 3.05) is 6.54 Å². The summed E-state index contributed by atoms with van der Waals surface area (Å²) in [6.07, 6.45) is 9.13. The molecule has 62 valence electrons. The molecule has 3 fully saturated rings. The molecule has 0 aromatic carbocycles. The van der Waals surface area contributed by atoms with Crippen molar-refractivity contribution in [1.29, 1.82) is 0 Å². The third-order valence-electron chi connectivity index (χ3n) is 3.88. The Bertz CT molecular complexity index is 166. The highest BCUT2D eigenvalue weighted by atomic mass is 15.4. The number of hydrogen-bond acceptors (Lipinski definition) is 1. The average molecular weight is 151 g/mol. The highest BCUT2D eigenvalue weighted by Gasteiger charge is 2.50. The number of nitrogens with zero attached hydrogens (tertiary/aromatic N) is 1. The predicted molar refractivity (Wildman–Crippen MR) is 45.5 cm³/mol. The van der Waals surface area contributed by atoms with E-state index in [-0.39, 0.29) is 0 Å². The first-order valence-corrected chi connectivity index (χ1v) is 5.21. The van der Waals surface area contributed by atoms with Gasteiger partial charge in [-0.3, -0.25) is 4.90 Å². The van der Waals surface area contributed by atoms with Crippen LogP contribution in [0.5, 0.6) is 0 Å². The van der Waals surface area contributed by atoms with Gasteiger partial charge < -0.3 is 0 Å². The van der Waals surface area contributed by atoms with Crippen molar-refractivity contribution in [3.63, 3.8) is 0 Å². The Morgan fingerprint density at radius 2 is 1.91 bits per heavy atom. The molecule has 11 heavy (non-hydrogen) atoms. The fourth-order valence-corrected chi connectivity index (χ4v) is 3.24. The lowest BCUT2D eigenvalue weighted by atomic mass is 9.93. The lowest BCUT2D eigenvalue weighted by Crippen LogP contribution is -2.22. The van der Waals surface area contributed by atoms with Crippen molar-refractivity contribution in [3.05, 3.63) is 0 Å². The van der Waals surface area contributed by atoms with Crippen LogP contribution in [0.15, 0.2) is 0 Å². The topological polar surface area (TPSA) is 3.01 Å². The van der Waals surface area contributed by atoms with Gasteiger partial charge in [0.25, 0.3) is 0 Å². The monoisotopic (exact) mass is 151 g/mol. The Labute approximate surface area is 68.8 Å². The van der Waals surface area contributed by atoms with Crippen LogP contribution in [0.4, 0.5) is 0 Å². The molecule has 2 aliphatic heterocycles. The third-order valence-corrected chi connectivity index (χ3v) is 3.88. The summed E-state index contributed by atoms with van der Waals surface area (Å²) in [6.45, 7) is 1.45. The van der Waals surface area contributed by atoms with E-state index < -0.39 is 0 Å². The van der Waals surface area contributed by atoms with Crippen molar-refractivity contribution in [3.8, 4) is 0 Å². The van der Waals surface area contributed by atoms with E-state index in [4.69, 9.17) is 0 Å². The molecule has 2 unspecified atom stereocenters. The molecule has 0 amide bonds. The number of fused-ring (bicyclic) bond motifs is 3. The van der Waals surface area contributed by atoms with Crippen molar-refractivity contribution < 1.29 is 0 Å². The summed E-state index contributed by atoms with van der Waals surface area (Å²) in [5.41, 5.74) is 0. The SMILES string of the molecule is C1CC[C@H]2CC3CN3[C@@H]2CC1. The standard InChI is InChI=1S/C10H17N/c1-2-4-8-6-9-7-11(9)10(8)5-3-1/h8-10H,1-7H2/t8-,9?,10+,11?/m0/s1. The second-order valence-electron chi connectivity index (χ2n) is 4.55. The van der Waals surface area contributed by atoms with Gasteiger partial charge in [-0.2, -0.15) is 0 Å².